The Labute approximate surface area is 146 Å². The number of amides is 1. The van der Waals surface area contributed by atoms with Crippen LogP contribution in [0.25, 0.3) is 11.3 Å². The predicted octanol–water partition coefficient (Wildman–Crippen LogP) is 3.86. The second-order valence-electron chi connectivity index (χ2n) is 5.83. The summed E-state index contributed by atoms with van der Waals surface area (Å²) in [4.78, 5) is 16.4. The van der Waals surface area contributed by atoms with Gasteiger partial charge in [0, 0.05) is 24.0 Å². The Morgan fingerprint density at radius 3 is 2.64 bits per heavy atom. The van der Waals surface area contributed by atoms with Gasteiger partial charge in [-0.15, -0.1) is 0 Å². The highest BCUT2D eigenvalue weighted by molar-refractivity contribution is 5.76. The van der Waals surface area contributed by atoms with Crippen LogP contribution in [0, 0.1) is 0 Å². The summed E-state index contributed by atoms with van der Waals surface area (Å²) in [6, 6.07) is 16.4. The lowest BCUT2D eigenvalue weighted by Gasteiger charge is -2.15. The highest BCUT2D eigenvalue weighted by Gasteiger charge is 2.14. The lowest BCUT2D eigenvalue weighted by Crippen LogP contribution is -2.26. The fourth-order valence-corrected chi connectivity index (χ4v) is 2.63. The largest absolute Gasteiger partial charge is 0.508 e. The number of hydrogen-bond donors (Lipinski definition) is 2. The Bertz CT molecular complexity index is 843. The molecule has 0 fully saturated rings. The van der Waals surface area contributed by atoms with Gasteiger partial charge in [0.15, 0.2) is 11.7 Å². The van der Waals surface area contributed by atoms with Crippen LogP contribution in [0.3, 0.4) is 0 Å². The molecule has 128 valence electrons. The molecule has 0 radical (unpaired) electrons. The number of nitrogens with zero attached hydrogens (tertiary/aromatic N) is 1. The molecule has 0 bridgehead atoms. The first kappa shape index (κ1) is 16.8. The van der Waals surface area contributed by atoms with Crippen molar-refractivity contribution in [3.8, 4) is 17.1 Å². The maximum Gasteiger partial charge on any atom is 0.220 e. The molecule has 5 heteroatoms. The van der Waals surface area contributed by atoms with Crippen molar-refractivity contribution >= 4 is 5.91 Å². The molecule has 0 spiro atoms. The number of hydrogen-bond acceptors (Lipinski definition) is 4. The average molecular weight is 336 g/mol. The average Bonchev–Trinajstić information content (AvgIpc) is 3.10. The van der Waals surface area contributed by atoms with Crippen LogP contribution >= 0.6 is 0 Å². The third-order valence-electron chi connectivity index (χ3n) is 3.96. The van der Waals surface area contributed by atoms with E-state index in [1.54, 1.807) is 24.4 Å². The van der Waals surface area contributed by atoms with Crippen molar-refractivity contribution in [2.75, 3.05) is 0 Å². The minimum atomic E-state index is -0.266. The summed E-state index contributed by atoms with van der Waals surface area (Å²) in [5, 5.41) is 12.7. The van der Waals surface area contributed by atoms with Crippen molar-refractivity contribution < 1.29 is 14.3 Å². The van der Waals surface area contributed by atoms with E-state index in [0.29, 0.717) is 23.6 Å². The van der Waals surface area contributed by atoms with Gasteiger partial charge in [-0.25, -0.2) is 4.98 Å². The number of para-hydroxylation sites is 1. The molecule has 1 amide bonds. The summed E-state index contributed by atoms with van der Waals surface area (Å²) in [7, 11) is 0. The standard InChI is InChI=1S/C20H20N2O3/c1-14(16-9-5-6-10-17(16)23)22-19(24)11-12-20-21-13-18(25-20)15-7-3-2-4-8-15/h2-10,13-14,23H,11-12H2,1H3,(H,22,24)/t14-/m0/s1. The van der Waals surface area contributed by atoms with Crippen molar-refractivity contribution in [3.05, 3.63) is 72.2 Å². The van der Waals surface area contributed by atoms with Gasteiger partial charge in [-0.3, -0.25) is 4.79 Å². The van der Waals surface area contributed by atoms with Crippen LogP contribution in [-0.2, 0) is 11.2 Å². The Hall–Kier alpha value is -3.08. The fourth-order valence-electron chi connectivity index (χ4n) is 2.63. The number of carbonyl (C=O) groups excluding carboxylic acids is 1. The second-order valence-corrected chi connectivity index (χ2v) is 5.83. The minimum Gasteiger partial charge on any atom is -0.508 e. The Balaban J connectivity index is 1.54. The van der Waals surface area contributed by atoms with Gasteiger partial charge in [-0.05, 0) is 13.0 Å². The zero-order chi connectivity index (χ0) is 17.6. The van der Waals surface area contributed by atoms with Crippen LogP contribution in [0.2, 0.25) is 0 Å². The lowest BCUT2D eigenvalue weighted by molar-refractivity contribution is -0.121. The molecule has 25 heavy (non-hydrogen) atoms. The van der Waals surface area contributed by atoms with Gasteiger partial charge in [0.2, 0.25) is 5.91 Å². The van der Waals surface area contributed by atoms with Gasteiger partial charge < -0.3 is 14.8 Å². The Morgan fingerprint density at radius 1 is 1.16 bits per heavy atom. The predicted molar refractivity (Wildman–Crippen MR) is 94.9 cm³/mol. The highest BCUT2D eigenvalue weighted by Crippen LogP contribution is 2.23. The molecule has 5 nitrogen and oxygen atoms in total. The van der Waals surface area contributed by atoms with Crippen LogP contribution < -0.4 is 5.32 Å². The molecule has 0 unspecified atom stereocenters. The molecule has 0 saturated heterocycles. The maximum absolute atomic E-state index is 12.1. The SMILES string of the molecule is C[C@H](NC(=O)CCc1ncc(-c2ccccc2)o1)c1ccccc1O. The first-order valence-corrected chi connectivity index (χ1v) is 8.21. The zero-order valence-electron chi connectivity index (χ0n) is 14.0. The molecule has 0 saturated carbocycles. The van der Waals surface area contributed by atoms with E-state index < -0.39 is 0 Å². The molecule has 2 aromatic carbocycles. The Kier molecular flexibility index (Phi) is 5.14. The van der Waals surface area contributed by atoms with E-state index in [-0.39, 0.29) is 24.1 Å². The van der Waals surface area contributed by atoms with Crippen molar-refractivity contribution in [1.29, 1.82) is 0 Å². The zero-order valence-corrected chi connectivity index (χ0v) is 14.0. The van der Waals surface area contributed by atoms with Crippen LogP contribution in [-0.4, -0.2) is 16.0 Å². The number of carbonyl (C=O) groups is 1. The summed E-state index contributed by atoms with van der Waals surface area (Å²) < 4.78 is 5.70. The van der Waals surface area contributed by atoms with Gasteiger partial charge in [0.25, 0.3) is 0 Å². The molecule has 0 aliphatic carbocycles. The van der Waals surface area contributed by atoms with Crippen LogP contribution in [0.4, 0.5) is 0 Å². The van der Waals surface area contributed by atoms with Crippen LogP contribution in [0.15, 0.2) is 65.2 Å². The van der Waals surface area contributed by atoms with Crippen molar-refractivity contribution in [3.63, 3.8) is 0 Å². The molecule has 2 N–H and O–H groups in total. The topological polar surface area (TPSA) is 75.4 Å². The number of phenols is 1. The maximum atomic E-state index is 12.1. The summed E-state index contributed by atoms with van der Waals surface area (Å²) in [5.41, 5.74) is 1.65. The summed E-state index contributed by atoms with van der Waals surface area (Å²) in [6.45, 7) is 1.84. The summed E-state index contributed by atoms with van der Waals surface area (Å²) in [6.07, 6.45) is 2.37. The quantitative estimate of drug-likeness (QED) is 0.717. The van der Waals surface area contributed by atoms with E-state index in [1.165, 1.54) is 0 Å². The smallest absolute Gasteiger partial charge is 0.220 e. The van der Waals surface area contributed by atoms with Crippen LogP contribution in [0.1, 0.15) is 30.8 Å². The monoisotopic (exact) mass is 336 g/mol. The number of oxazole rings is 1. The van der Waals surface area contributed by atoms with Crippen molar-refractivity contribution in [2.24, 2.45) is 0 Å². The highest BCUT2D eigenvalue weighted by atomic mass is 16.4. The molecule has 3 aromatic rings. The van der Waals surface area contributed by atoms with E-state index in [1.807, 2.05) is 43.3 Å². The molecule has 0 aliphatic heterocycles. The third kappa shape index (κ3) is 4.26. The summed E-state index contributed by atoms with van der Waals surface area (Å²) in [5.74, 6) is 1.29. The molecule has 1 aromatic heterocycles. The van der Waals surface area contributed by atoms with Crippen molar-refractivity contribution in [2.45, 2.75) is 25.8 Å². The van der Waals surface area contributed by atoms with Gasteiger partial charge in [0.05, 0.1) is 12.2 Å². The molecular formula is C20H20N2O3. The van der Waals surface area contributed by atoms with Gasteiger partial charge in [-0.1, -0.05) is 48.5 Å². The van der Waals surface area contributed by atoms with Gasteiger partial charge >= 0.3 is 0 Å². The molecule has 3 rings (SSSR count). The van der Waals surface area contributed by atoms with E-state index in [2.05, 4.69) is 10.3 Å². The molecule has 1 atom stereocenters. The second kappa shape index (κ2) is 7.66. The number of benzene rings is 2. The fraction of sp³-hybridized carbons (Fsp3) is 0.200. The number of nitrogens with one attached hydrogen (secondary N) is 1. The third-order valence-corrected chi connectivity index (χ3v) is 3.96. The van der Waals surface area contributed by atoms with E-state index in [4.69, 9.17) is 4.42 Å². The van der Waals surface area contributed by atoms with Crippen LogP contribution in [0.5, 0.6) is 5.75 Å². The Morgan fingerprint density at radius 2 is 1.88 bits per heavy atom. The lowest BCUT2D eigenvalue weighted by atomic mass is 10.1. The van der Waals surface area contributed by atoms with E-state index in [9.17, 15) is 9.90 Å². The van der Waals surface area contributed by atoms with Gasteiger partial charge in [-0.2, -0.15) is 0 Å². The van der Waals surface area contributed by atoms with Gasteiger partial charge in [0.1, 0.15) is 5.75 Å². The molecular weight excluding hydrogens is 316 g/mol. The normalized spacial score (nSPS) is 11.9. The molecule has 1 heterocycles. The number of aryl methyl sites for hydroxylation is 1. The summed E-state index contributed by atoms with van der Waals surface area (Å²) >= 11 is 0. The minimum absolute atomic E-state index is 0.116. The number of aromatic hydroxyl groups is 1. The number of phenolic OH excluding ortho intramolecular Hbond substituents is 1. The van der Waals surface area contributed by atoms with E-state index in [0.717, 1.165) is 5.56 Å². The van der Waals surface area contributed by atoms with E-state index >= 15 is 0 Å². The molecule has 0 aliphatic rings. The number of aromatic nitrogens is 1. The van der Waals surface area contributed by atoms with Crippen molar-refractivity contribution in [1.82, 2.24) is 10.3 Å². The first-order chi connectivity index (χ1) is 12.1. The number of rotatable bonds is 6. The first-order valence-electron chi connectivity index (χ1n) is 8.21.